The number of pyridine rings is 1. The summed E-state index contributed by atoms with van der Waals surface area (Å²) in [5, 5.41) is 3.02. The van der Waals surface area contributed by atoms with E-state index >= 15 is 0 Å². The van der Waals surface area contributed by atoms with E-state index in [9.17, 15) is 22.4 Å². The number of hydrogen-bond donors (Lipinski definition) is 1. The summed E-state index contributed by atoms with van der Waals surface area (Å²) in [5.74, 6) is 0.00641. The summed E-state index contributed by atoms with van der Waals surface area (Å²) in [4.78, 5) is 20.8. The van der Waals surface area contributed by atoms with Crippen molar-refractivity contribution >= 4 is 11.7 Å². The van der Waals surface area contributed by atoms with Crippen LogP contribution in [0, 0.1) is 5.82 Å². The van der Waals surface area contributed by atoms with E-state index in [-0.39, 0.29) is 17.8 Å². The van der Waals surface area contributed by atoms with Gasteiger partial charge in [-0.25, -0.2) is 9.37 Å². The zero-order valence-corrected chi connectivity index (χ0v) is 16.2. The standard InChI is InChI=1S/C21H22F4N4O/c22-16-4-1-14(2-5-16)19(20(30)27-17-6-7-17)29-11-9-28(10-12-29)18-8-3-15(13-26-18)21(23,24)25/h1-5,8,13,17,19H,6-7,9-12H2,(H,27,30). The van der Waals surface area contributed by atoms with Crippen molar-refractivity contribution in [3.63, 3.8) is 0 Å². The molecule has 2 fully saturated rings. The summed E-state index contributed by atoms with van der Waals surface area (Å²) in [6, 6.07) is 8.00. The van der Waals surface area contributed by atoms with Crippen LogP contribution in [0.4, 0.5) is 23.4 Å². The molecule has 1 unspecified atom stereocenters. The van der Waals surface area contributed by atoms with Crippen LogP contribution in [-0.4, -0.2) is 48.0 Å². The molecule has 1 N–H and O–H groups in total. The van der Waals surface area contributed by atoms with Crippen molar-refractivity contribution in [2.45, 2.75) is 31.1 Å². The molecule has 2 aliphatic rings. The first-order valence-corrected chi connectivity index (χ1v) is 9.89. The fraction of sp³-hybridized carbons (Fsp3) is 0.429. The zero-order chi connectivity index (χ0) is 21.3. The summed E-state index contributed by atoms with van der Waals surface area (Å²) in [6.07, 6.45) is -1.64. The minimum atomic E-state index is -4.42. The van der Waals surface area contributed by atoms with Crippen LogP contribution in [0.25, 0.3) is 0 Å². The number of piperazine rings is 1. The number of benzene rings is 1. The summed E-state index contributed by atoms with van der Waals surface area (Å²) < 4.78 is 51.6. The molecular formula is C21H22F4N4O. The van der Waals surface area contributed by atoms with Gasteiger partial charge in [-0.15, -0.1) is 0 Å². The van der Waals surface area contributed by atoms with E-state index in [0.29, 0.717) is 32.0 Å². The molecule has 1 saturated heterocycles. The van der Waals surface area contributed by atoms with E-state index in [1.165, 1.54) is 18.2 Å². The number of hydrogen-bond acceptors (Lipinski definition) is 4. The van der Waals surface area contributed by atoms with Gasteiger partial charge in [0.2, 0.25) is 5.91 Å². The van der Waals surface area contributed by atoms with Crippen LogP contribution in [0.1, 0.15) is 30.0 Å². The Morgan fingerprint density at radius 3 is 2.23 bits per heavy atom. The number of nitrogens with zero attached hydrogens (tertiary/aromatic N) is 3. The van der Waals surface area contributed by atoms with Crippen molar-refractivity contribution in [2.24, 2.45) is 0 Å². The lowest BCUT2D eigenvalue weighted by Crippen LogP contribution is -2.51. The molecule has 5 nitrogen and oxygen atoms in total. The average molecular weight is 422 g/mol. The molecule has 30 heavy (non-hydrogen) atoms. The third kappa shape index (κ3) is 4.72. The van der Waals surface area contributed by atoms with Gasteiger partial charge in [0, 0.05) is 38.4 Å². The van der Waals surface area contributed by atoms with Crippen molar-refractivity contribution in [2.75, 3.05) is 31.1 Å². The van der Waals surface area contributed by atoms with Crippen molar-refractivity contribution in [3.05, 3.63) is 59.5 Å². The molecule has 1 aromatic carbocycles. The van der Waals surface area contributed by atoms with Gasteiger partial charge in [0.1, 0.15) is 17.7 Å². The Morgan fingerprint density at radius 2 is 1.70 bits per heavy atom. The van der Waals surface area contributed by atoms with Crippen molar-refractivity contribution in [3.8, 4) is 0 Å². The highest BCUT2D eigenvalue weighted by molar-refractivity contribution is 5.83. The molecule has 4 rings (SSSR count). The van der Waals surface area contributed by atoms with E-state index in [4.69, 9.17) is 0 Å². The lowest BCUT2D eigenvalue weighted by molar-refractivity contribution is -0.137. The van der Waals surface area contributed by atoms with E-state index in [0.717, 1.165) is 30.7 Å². The molecule has 0 bridgehead atoms. The molecule has 1 saturated carbocycles. The Morgan fingerprint density at radius 1 is 1.03 bits per heavy atom. The Bertz CT molecular complexity index is 873. The van der Waals surface area contributed by atoms with Crippen LogP contribution in [0.3, 0.4) is 0 Å². The molecule has 2 aromatic rings. The monoisotopic (exact) mass is 422 g/mol. The first kappa shape index (κ1) is 20.6. The molecule has 1 aliphatic carbocycles. The first-order chi connectivity index (χ1) is 14.3. The maximum Gasteiger partial charge on any atom is 0.417 e. The molecular weight excluding hydrogens is 400 g/mol. The molecule has 1 atom stereocenters. The lowest BCUT2D eigenvalue weighted by Gasteiger charge is -2.39. The number of anilines is 1. The number of nitrogens with one attached hydrogen (secondary N) is 1. The van der Waals surface area contributed by atoms with Gasteiger partial charge in [0.15, 0.2) is 0 Å². The van der Waals surface area contributed by atoms with Gasteiger partial charge in [-0.3, -0.25) is 9.69 Å². The van der Waals surface area contributed by atoms with E-state index in [2.05, 4.69) is 10.3 Å². The number of halogens is 4. The van der Waals surface area contributed by atoms with Crippen LogP contribution in [0.2, 0.25) is 0 Å². The highest BCUT2D eigenvalue weighted by Crippen LogP contribution is 2.30. The van der Waals surface area contributed by atoms with Crippen LogP contribution in [-0.2, 0) is 11.0 Å². The van der Waals surface area contributed by atoms with Gasteiger partial charge in [-0.2, -0.15) is 13.2 Å². The van der Waals surface area contributed by atoms with Crippen LogP contribution < -0.4 is 10.2 Å². The van der Waals surface area contributed by atoms with Crippen LogP contribution >= 0.6 is 0 Å². The topological polar surface area (TPSA) is 48.5 Å². The van der Waals surface area contributed by atoms with Gasteiger partial charge in [0.25, 0.3) is 0 Å². The maximum absolute atomic E-state index is 13.4. The summed E-state index contributed by atoms with van der Waals surface area (Å²) in [6.45, 7) is 2.10. The molecule has 160 valence electrons. The second-order valence-electron chi connectivity index (χ2n) is 7.66. The first-order valence-electron chi connectivity index (χ1n) is 9.89. The van der Waals surface area contributed by atoms with E-state index < -0.39 is 17.8 Å². The Labute approximate surface area is 171 Å². The van der Waals surface area contributed by atoms with Crippen LogP contribution in [0.5, 0.6) is 0 Å². The molecule has 1 amide bonds. The van der Waals surface area contributed by atoms with Gasteiger partial charge in [-0.1, -0.05) is 12.1 Å². The smallest absolute Gasteiger partial charge is 0.354 e. The third-order valence-electron chi connectivity index (χ3n) is 5.44. The quantitative estimate of drug-likeness (QED) is 0.751. The number of alkyl halides is 3. The Balaban J connectivity index is 1.45. The van der Waals surface area contributed by atoms with Crippen molar-refractivity contribution < 1.29 is 22.4 Å². The van der Waals surface area contributed by atoms with Crippen LogP contribution in [0.15, 0.2) is 42.6 Å². The normalized spacial score (nSPS) is 18.9. The highest BCUT2D eigenvalue weighted by Gasteiger charge is 2.34. The van der Waals surface area contributed by atoms with E-state index in [1.807, 2.05) is 9.80 Å². The molecule has 0 spiro atoms. The summed E-state index contributed by atoms with van der Waals surface area (Å²) in [5.41, 5.74) is -0.0614. The van der Waals surface area contributed by atoms with Gasteiger partial charge in [-0.05, 0) is 42.7 Å². The number of amides is 1. The van der Waals surface area contributed by atoms with E-state index in [1.54, 1.807) is 12.1 Å². The minimum Gasteiger partial charge on any atom is -0.354 e. The second kappa shape index (κ2) is 8.22. The molecule has 2 heterocycles. The average Bonchev–Trinajstić information content (AvgIpc) is 3.54. The second-order valence-corrected chi connectivity index (χ2v) is 7.66. The number of carbonyl (C=O) groups is 1. The minimum absolute atomic E-state index is 0.106. The molecule has 0 radical (unpaired) electrons. The Kier molecular flexibility index (Phi) is 5.64. The zero-order valence-electron chi connectivity index (χ0n) is 16.2. The van der Waals surface area contributed by atoms with Gasteiger partial charge < -0.3 is 10.2 Å². The SMILES string of the molecule is O=C(NC1CC1)C(c1ccc(F)cc1)N1CCN(c2ccc(C(F)(F)F)cn2)CC1. The summed E-state index contributed by atoms with van der Waals surface area (Å²) >= 11 is 0. The van der Waals surface area contributed by atoms with Gasteiger partial charge in [0.05, 0.1) is 5.56 Å². The predicted molar refractivity (Wildman–Crippen MR) is 103 cm³/mol. The molecule has 1 aromatic heterocycles. The largest absolute Gasteiger partial charge is 0.417 e. The number of aromatic nitrogens is 1. The van der Waals surface area contributed by atoms with Crippen molar-refractivity contribution in [1.29, 1.82) is 0 Å². The summed E-state index contributed by atoms with van der Waals surface area (Å²) in [7, 11) is 0. The predicted octanol–water partition coefficient (Wildman–Crippen LogP) is 3.38. The maximum atomic E-state index is 13.4. The van der Waals surface area contributed by atoms with Crippen molar-refractivity contribution in [1.82, 2.24) is 15.2 Å². The highest BCUT2D eigenvalue weighted by atomic mass is 19.4. The van der Waals surface area contributed by atoms with Gasteiger partial charge >= 0.3 is 6.18 Å². The number of rotatable bonds is 5. The third-order valence-corrected chi connectivity index (χ3v) is 5.44. The lowest BCUT2D eigenvalue weighted by atomic mass is 10.0. The fourth-order valence-corrected chi connectivity index (χ4v) is 3.63. The fourth-order valence-electron chi connectivity index (χ4n) is 3.63. The Hall–Kier alpha value is -2.68. The number of carbonyl (C=O) groups excluding carboxylic acids is 1. The molecule has 1 aliphatic heterocycles. The molecule has 9 heteroatoms.